The number of aliphatic hydroxyl groups excluding tert-OH is 6. The van der Waals surface area contributed by atoms with E-state index >= 15 is 0 Å². The summed E-state index contributed by atoms with van der Waals surface area (Å²) < 4.78 is 11.0. The zero-order chi connectivity index (χ0) is 43.1. The van der Waals surface area contributed by atoms with Crippen LogP contribution < -0.4 is 0 Å². The largest absolute Gasteiger partial charge is 0.462 e. The molecule has 0 bridgehead atoms. The Hall–Kier alpha value is -1.30. The maximum Gasteiger partial charge on any atom is 0.305 e. The van der Waals surface area contributed by atoms with Crippen molar-refractivity contribution in [1.82, 2.24) is 0 Å². The number of esters is 2. The number of hydrogen-bond acceptors (Lipinski definition) is 10. The molecule has 10 nitrogen and oxygen atoms in total. The lowest BCUT2D eigenvalue weighted by molar-refractivity contribution is -0.207. The summed E-state index contributed by atoms with van der Waals surface area (Å²) in [7, 11) is 0. The number of fused-ring (bicyclic) bond motifs is 10. The Labute approximate surface area is 360 Å². The quantitative estimate of drug-likeness (QED) is 0.0957. The molecular formula is C50H82O10. The van der Waals surface area contributed by atoms with Gasteiger partial charge in [0, 0.05) is 12.8 Å². The minimum absolute atomic E-state index is 0.0202. The van der Waals surface area contributed by atoms with Gasteiger partial charge in [-0.2, -0.15) is 0 Å². The molecular weight excluding hydrogens is 761 g/mol. The van der Waals surface area contributed by atoms with E-state index in [0.29, 0.717) is 37.5 Å². The monoisotopic (exact) mass is 843 g/mol. The highest BCUT2D eigenvalue weighted by molar-refractivity contribution is 5.70. The topological polar surface area (TPSA) is 174 Å². The molecule has 0 amide bonds. The molecule has 0 radical (unpaired) electrons. The number of carbonyl (C=O) groups excluding carboxylic acids is 2. The van der Waals surface area contributed by atoms with Gasteiger partial charge in [0.25, 0.3) is 0 Å². The highest BCUT2D eigenvalue weighted by atomic mass is 16.6. The van der Waals surface area contributed by atoms with Crippen molar-refractivity contribution >= 4 is 11.9 Å². The summed E-state index contributed by atoms with van der Waals surface area (Å²) in [6, 6.07) is 0. The van der Waals surface area contributed by atoms with E-state index in [9.17, 15) is 40.2 Å². The van der Waals surface area contributed by atoms with Gasteiger partial charge < -0.3 is 40.1 Å². The van der Waals surface area contributed by atoms with E-state index in [2.05, 4.69) is 41.5 Å². The van der Waals surface area contributed by atoms with Crippen molar-refractivity contribution in [3.63, 3.8) is 0 Å². The summed E-state index contributed by atoms with van der Waals surface area (Å²) in [5, 5.41) is 67.8. The van der Waals surface area contributed by atoms with Gasteiger partial charge in [0.1, 0.15) is 13.2 Å². The molecule has 22 atom stereocenters. The van der Waals surface area contributed by atoms with Crippen LogP contribution in [-0.2, 0) is 19.1 Å². The van der Waals surface area contributed by atoms with E-state index in [1.165, 1.54) is 0 Å². The lowest BCUT2D eigenvalue weighted by Gasteiger charge is -2.63. The third-order valence-corrected chi connectivity index (χ3v) is 21.3. The molecule has 0 aromatic carbocycles. The van der Waals surface area contributed by atoms with Gasteiger partial charge in [0.15, 0.2) is 0 Å². The van der Waals surface area contributed by atoms with E-state index in [-0.39, 0.29) is 131 Å². The summed E-state index contributed by atoms with van der Waals surface area (Å²) in [5.41, 5.74) is -0.544. The van der Waals surface area contributed by atoms with Gasteiger partial charge in [-0.3, -0.25) is 9.59 Å². The highest BCUT2D eigenvalue weighted by Gasteiger charge is 2.67. The second-order valence-corrected chi connectivity index (χ2v) is 23.5. The standard InChI is InChI=1S/C50H82O10/c1-27(33-9-11-35-45-37(25-41(55)49(33,35)5)47(3)17-15-31(51)21-29(47)23-39(45)53)7-13-43(57)59-19-20-60-44(58)14-8-28(2)34-10-12-36-46-38(26-42(56)50(34,36)6)48(4)18-16-32(52)22-30(48)24-40(46)54/h27-42,45-46,51-56H,7-26H2,1-6H3/t27-,28-,29+,30+,31-,32-,33-,34-,35+,36+,37+,38+,39-,40-,41+,42+,45+,46+,47+,48+,49-,50-/m1/s1. The van der Waals surface area contributed by atoms with Gasteiger partial charge in [-0.25, -0.2) is 0 Å². The first kappa shape index (κ1) is 45.3. The second kappa shape index (κ2) is 16.9. The lowest BCUT2D eigenvalue weighted by atomic mass is 9.43. The molecule has 0 aromatic rings. The predicted octanol–water partition coefficient (Wildman–Crippen LogP) is 6.83. The first-order chi connectivity index (χ1) is 28.3. The number of ether oxygens (including phenoxy) is 2. The average Bonchev–Trinajstić information content (AvgIpc) is 3.75. The Morgan fingerprint density at radius 3 is 1.30 bits per heavy atom. The lowest BCUT2D eigenvalue weighted by Crippen LogP contribution is -2.62. The Morgan fingerprint density at radius 1 is 0.533 bits per heavy atom. The average molecular weight is 843 g/mol. The fourth-order valence-corrected chi connectivity index (χ4v) is 17.8. The van der Waals surface area contributed by atoms with Crippen LogP contribution in [0.5, 0.6) is 0 Å². The number of aliphatic hydroxyl groups is 6. The van der Waals surface area contributed by atoms with Crippen LogP contribution in [0.25, 0.3) is 0 Å². The van der Waals surface area contributed by atoms with E-state index < -0.39 is 24.4 Å². The highest BCUT2D eigenvalue weighted by Crippen LogP contribution is 2.70. The number of carbonyl (C=O) groups is 2. The van der Waals surface area contributed by atoms with Crippen molar-refractivity contribution < 1.29 is 49.7 Å². The molecule has 8 fully saturated rings. The van der Waals surface area contributed by atoms with Crippen LogP contribution >= 0.6 is 0 Å². The minimum atomic E-state index is -0.460. The summed E-state index contributed by atoms with van der Waals surface area (Å²) in [6.07, 6.45) is 11.4. The second-order valence-electron chi connectivity index (χ2n) is 23.5. The smallest absolute Gasteiger partial charge is 0.305 e. The van der Waals surface area contributed by atoms with Gasteiger partial charge in [-0.1, -0.05) is 41.5 Å². The summed E-state index contributed by atoms with van der Waals surface area (Å²) in [6.45, 7) is 13.6. The van der Waals surface area contributed by atoms with Crippen LogP contribution in [0.15, 0.2) is 0 Å². The summed E-state index contributed by atoms with van der Waals surface area (Å²) >= 11 is 0. The molecule has 6 N–H and O–H groups in total. The normalized spacial score (nSPS) is 51.7. The van der Waals surface area contributed by atoms with Crippen molar-refractivity contribution in [2.45, 2.75) is 194 Å². The van der Waals surface area contributed by atoms with Crippen molar-refractivity contribution in [3.05, 3.63) is 0 Å². The molecule has 0 aromatic heterocycles. The zero-order valence-corrected chi connectivity index (χ0v) is 37.9. The van der Waals surface area contributed by atoms with Gasteiger partial charge >= 0.3 is 11.9 Å². The summed E-state index contributed by atoms with van der Waals surface area (Å²) in [5.74, 6) is 2.22. The number of rotatable bonds is 11. The Bertz CT molecular complexity index is 1440. The summed E-state index contributed by atoms with van der Waals surface area (Å²) in [4.78, 5) is 25.8. The SMILES string of the molecule is C[C@H](CCC(=O)OCCOC(=O)CC[C@@H](C)[C@H]1CC[C@H]2[C@@H]3[C@H](O)C[C@@H]4C[C@H](O)CC[C@]4(C)[C@H]3C[C@H](O)[C@]12C)[C@H]1CC[C@H]2[C@@H]3[C@H](O)C[C@@H]4C[C@H](O)CC[C@]4(C)[C@H]3C[C@H](O)[C@]12C. The third-order valence-electron chi connectivity index (χ3n) is 21.3. The van der Waals surface area contributed by atoms with E-state index in [1.54, 1.807) is 0 Å². The predicted molar refractivity (Wildman–Crippen MR) is 227 cm³/mol. The van der Waals surface area contributed by atoms with Crippen LogP contribution in [0.4, 0.5) is 0 Å². The zero-order valence-electron chi connectivity index (χ0n) is 37.9. The molecule has 8 rings (SSSR count). The van der Waals surface area contributed by atoms with Gasteiger partial charge in [-0.05, 0) is 195 Å². The first-order valence-electron chi connectivity index (χ1n) is 24.7. The van der Waals surface area contributed by atoms with Crippen molar-refractivity contribution in [2.75, 3.05) is 13.2 Å². The molecule has 10 heteroatoms. The fraction of sp³-hybridized carbons (Fsp3) is 0.960. The third kappa shape index (κ3) is 7.45. The molecule has 60 heavy (non-hydrogen) atoms. The molecule has 8 saturated carbocycles. The van der Waals surface area contributed by atoms with E-state index in [0.717, 1.165) is 77.0 Å². The molecule has 0 saturated heterocycles. The van der Waals surface area contributed by atoms with Crippen LogP contribution in [0.3, 0.4) is 0 Å². The van der Waals surface area contributed by atoms with Crippen LogP contribution in [0.1, 0.15) is 157 Å². The van der Waals surface area contributed by atoms with Crippen LogP contribution in [0, 0.1) is 92.7 Å². The van der Waals surface area contributed by atoms with Crippen molar-refractivity contribution in [1.29, 1.82) is 0 Å². The van der Waals surface area contributed by atoms with Gasteiger partial charge in [-0.15, -0.1) is 0 Å². The van der Waals surface area contributed by atoms with Gasteiger partial charge in [0.2, 0.25) is 0 Å². The molecule has 8 aliphatic rings. The Kier molecular flexibility index (Phi) is 12.8. The van der Waals surface area contributed by atoms with Crippen LogP contribution in [0.2, 0.25) is 0 Å². The molecule has 0 aliphatic heterocycles. The minimum Gasteiger partial charge on any atom is -0.462 e. The maximum absolute atomic E-state index is 12.9. The van der Waals surface area contributed by atoms with Crippen molar-refractivity contribution in [3.8, 4) is 0 Å². The molecule has 8 aliphatic carbocycles. The van der Waals surface area contributed by atoms with Gasteiger partial charge in [0.05, 0.1) is 36.6 Å². The first-order valence-corrected chi connectivity index (χ1v) is 24.7. The van der Waals surface area contributed by atoms with E-state index in [1.807, 2.05) is 0 Å². The fourth-order valence-electron chi connectivity index (χ4n) is 17.8. The number of hydrogen-bond donors (Lipinski definition) is 6. The Balaban J connectivity index is 0.765. The molecule has 0 spiro atoms. The van der Waals surface area contributed by atoms with Crippen molar-refractivity contribution in [2.24, 2.45) is 92.7 Å². The maximum atomic E-state index is 12.9. The Morgan fingerprint density at radius 2 is 0.917 bits per heavy atom. The molecule has 342 valence electrons. The molecule has 0 unspecified atom stereocenters. The van der Waals surface area contributed by atoms with E-state index in [4.69, 9.17) is 9.47 Å². The molecule has 0 heterocycles. The van der Waals surface area contributed by atoms with Crippen LogP contribution in [-0.4, -0.2) is 92.4 Å².